The Morgan fingerprint density at radius 1 is 1.50 bits per heavy atom. The van der Waals surface area contributed by atoms with Gasteiger partial charge in [-0.05, 0) is 19.8 Å². The molecule has 3 rings (SSSR count). The van der Waals surface area contributed by atoms with E-state index < -0.39 is 0 Å². The third-order valence-electron chi connectivity index (χ3n) is 3.35. The maximum atomic E-state index is 12.0. The van der Waals surface area contributed by atoms with Gasteiger partial charge >= 0.3 is 0 Å². The van der Waals surface area contributed by atoms with Crippen LogP contribution in [0.5, 0.6) is 0 Å². The first-order valence-corrected chi connectivity index (χ1v) is 6.13. The highest BCUT2D eigenvalue weighted by molar-refractivity contribution is 5.96. The Bertz CT molecular complexity index is 493. The van der Waals surface area contributed by atoms with Gasteiger partial charge in [0.15, 0.2) is 0 Å². The fourth-order valence-corrected chi connectivity index (χ4v) is 2.26. The smallest absolute Gasteiger partial charge is 0.248 e. The van der Waals surface area contributed by atoms with E-state index in [-0.39, 0.29) is 23.7 Å². The fraction of sp³-hybridized carbons (Fsp3) is 0.636. The fourth-order valence-electron chi connectivity index (χ4n) is 2.26. The largest absolute Gasteiger partial charge is 0.339 e. The second-order valence-corrected chi connectivity index (χ2v) is 4.91. The molecule has 2 amide bonds. The standard InChI is InChI=1S/C11H15N5O2/c1-6-12-11(15-14-6)13-10(18)7-4-9(17)16(5-7)8-2-3-8/h7-8H,2-5H2,1H3,(H2,12,13,14,15,18). The second-order valence-electron chi connectivity index (χ2n) is 4.91. The van der Waals surface area contributed by atoms with E-state index in [0.29, 0.717) is 24.8 Å². The van der Waals surface area contributed by atoms with Gasteiger partial charge in [-0.1, -0.05) is 0 Å². The van der Waals surface area contributed by atoms with Crippen LogP contribution >= 0.6 is 0 Å². The van der Waals surface area contributed by atoms with Gasteiger partial charge in [0.05, 0.1) is 5.92 Å². The molecule has 0 radical (unpaired) electrons. The number of aromatic nitrogens is 3. The zero-order valence-corrected chi connectivity index (χ0v) is 10.1. The Balaban J connectivity index is 1.61. The van der Waals surface area contributed by atoms with Crippen molar-refractivity contribution in [2.45, 2.75) is 32.2 Å². The molecule has 2 heterocycles. The van der Waals surface area contributed by atoms with Crippen molar-refractivity contribution in [1.29, 1.82) is 0 Å². The summed E-state index contributed by atoms with van der Waals surface area (Å²) >= 11 is 0. The number of nitrogens with zero attached hydrogens (tertiary/aromatic N) is 3. The van der Waals surface area contributed by atoms with E-state index in [4.69, 9.17) is 0 Å². The van der Waals surface area contributed by atoms with Crippen molar-refractivity contribution in [3.05, 3.63) is 5.82 Å². The quantitative estimate of drug-likeness (QED) is 0.792. The number of H-pyrrole nitrogens is 1. The zero-order chi connectivity index (χ0) is 12.7. The SMILES string of the molecule is Cc1nc(NC(=O)C2CC(=O)N(C3CC3)C2)n[nH]1. The summed E-state index contributed by atoms with van der Waals surface area (Å²) in [4.78, 5) is 29.5. The minimum Gasteiger partial charge on any atom is -0.339 e. The Labute approximate surface area is 104 Å². The second kappa shape index (κ2) is 4.08. The molecule has 1 atom stereocenters. The third-order valence-corrected chi connectivity index (χ3v) is 3.35. The molecule has 1 saturated carbocycles. The van der Waals surface area contributed by atoms with Crippen molar-refractivity contribution in [2.75, 3.05) is 11.9 Å². The predicted molar refractivity (Wildman–Crippen MR) is 62.6 cm³/mol. The lowest BCUT2D eigenvalue weighted by atomic mass is 10.1. The number of hydrogen-bond donors (Lipinski definition) is 2. The molecular formula is C11H15N5O2. The van der Waals surface area contributed by atoms with E-state index in [0.717, 1.165) is 12.8 Å². The molecule has 2 N–H and O–H groups in total. The number of anilines is 1. The molecule has 1 unspecified atom stereocenters. The summed E-state index contributed by atoms with van der Waals surface area (Å²) < 4.78 is 0. The van der Waals surface area contributed by atoms with Crippen LogP contribution in [0.1, 0.15) is 25.1 Å². The zero-order valence-electron chi connectivity index (χ0n) is 10.1. The van der Waals surface area contributed by atoms with Gasteiger partial charge in [0.2, 0.25) is 17.8 Å². The Hall–Kier alpha value is -1.92. The molecule has 96 valence electrons. The Kier molecular flexibility index (Phi) is 2.53. The molecule has 7 nitrogen and oxygen atoms in total. The van der Waals surface area contributed by atoms with E-state index in [1.165, 1.54) is 0 Å². The predicted octanol–water partition coefficient (Wildman–Crippen LogP) is 0.0625. The first kappa shape index (κ1) is 11.2. The Morgan fingerprint density at radius 3 is 2.89 bits per heavy atom. The van der Waals surface area contributed by atoms with Gasteiger partial charge in [0.1, 0.15) is 5.82 Å². The first-order chi connectivity index (χ1) is 8.63. The summed E-state index contributed by atoms with van der Waals surface area (Å²) in [6.45, 7) is 2.29. The lowest BCUT2D eigenvalue weighted by Gasteiger charge is -2.14. The van der Waals surface area contributed by atoms with Gasteiger partial charge in [-0.2, -0.15) is 4.98 Å². The number of aryl methyl sites for hydroxylation is 1. The van der Waals surface area contributed by atoms with Crippen molar-refractivity contribution in [2.24, 2.45) is 5.92 Å². The monoisotopic (exact) mass is 249 g/mol. The molecule has 1 saturated heterocycles. The van der Waals surface area contributed by atoms with Gasteiger partial charge in [-0.15, -0.1) is 5.10 Å². The van der Waals surface area contributed by atoms with Crippen LogP contribution in [0.3, 0.4) is 0 Å². The maximum Gasteiger partial charge on any atom is 0.248 e. The Morgan fingerprint density at radius 2 is 2.28 bits per heavy atom. The lowest BCUT2D eigenvalue weighted by Crippen LogP contribution is -2.30. The van der Waals surface area contributed by atoms with Crippen LogP contribution in [0.4, 0.5) is 5.95 Å². The molecule has 2 fully saturated rings. The average Bonchev–Trinajstić information content (AvgIpc) is 2.98. The van der Waals surface area contributed by atoms with E-state index in [9.17, 15) is 9.59 Å². The van der Waals surface area contributed by atoms with Crippen LogP contribution in [0.2, 0.25) is 0 Å². The van der Waals surface area contributed by atoms with Crippen LogP contribution in [-0.4, -0.2) is 44.5 Å². The summed E-state index contributed by atoms with van der Waals surface area (Å²) in [7, 11) is 0. The molecular weight excluding hydrogens is 234 g/mol. The van der Waals surface area contributed by atoms with Crippen LogP contribution in [0.25, 0.3) is 0 Å². The van der Waals surface area contributed by atoms with Crippen LogP contribution < -0.4 is 5.32 Å². The summed E-state index contributed by atoms with van der Waals surface area (Å²) in [6, 6.07) is 0.376. The van der Waals surface area contributed by atoms with E-state index in [1.54, 1.807) is 6.92 Å². The average molecular weight is 249 g/mol. The van der Waals surface area contributed by atoms with Crippen LogP contribution in [0, 0.1) is 12.8 Å². The first-order valence-electron chi connectivity index (χ1n) is 6.13. The number of likely N-dealkylation sites (tertiary alicyclic amines) is 1. The summed E-state index contributed by atoms with van der Waals surface area (Å²) in [5.74, 6) is 0.549. The summed E-state index contributed by atoms with van der Waals surface area (Å²) in [5, 5.41) is 9.14. The van der Waals surface area contributed by atoms with Gasteiger partial charge in [0.25, 0.3) is 0 Å². The number of amides is 2. The molecule has 7 heteroatoms. The van der Waals surface area contributed by atoms with Gasteiger partial charge in [-0.25, -0.2) is 0 Å². The minimum absolute atomic E-state index is 0.0869. The van der Waals surface area contributed by atoms with Crippen molar-refractivity contribution in [3.8, 4) is 0 Å². The van der Waals surface area contributed by atoms with E-state index in [2.05, 4.69) is 20.5 Å². The number of hydrogen-bond acceptors (Lipinski definition) is 4. The molecule has 18 heavy (non-hydrogen) atoms. The molecule has 1 aromatic rings. The van der Waals surface area contributed by atoms with Crippen molar-refractivity contribution in [3.63, 3.8) is 0 Å². The number of nitrogens with one attached hydrogen (secondary N) is 2. The highest BCUT2D eigenvalue weighted by atomic mass is 16.2. The van der Waals surface area contributed by atoms with Gasteiger partial charge < -0.3 is 4.90 Å². The van der Waals surface area contributed by atoms with Gasteiger partial charge in [0, 0.05) is 19.0 Å². The maximum absolute atomic E-state index is 12.0. The van der Waals surface area contributed by atoms with Crippen molar-refractivity contribution in [1.82, 2.24) is 20.1 Å². The number of aromatic amines is 1. The summed E-state index contributed by atoms with van der Waals surface area (Å²) in [6.07, 6.45) is 2.44. The molecule has 1 aliphatic carbocycles. The normalized spacial score (nSPS) is 23.5. The van der Waals surface area contributed by atoms with Crippen LogP contribution in [-0.2, 0) is 9.59 Å². The molecule has 0 aromatic carbocycles. The van der Waals surface area contributed by atoms with Crippen LogP contribution in [0.15, 0.2) is 0 Å². The van der Waals surface area contributed by atoms with E-state index >= 15 is 0 Å². The highest BCUT2D eigenvalue weighted by Gasteiger charge is 2.41. The molecule has 0 spiro atoms. The third kappa shape index (κ3) is 2.07. The molecule has 2 aliphatic rings. The lowest BCUT2D eigenvalue weighted by molar-refractivity contribution is -0.128. The van der Waals surface area contributed by atoms with Gasteiger partial charge in [-0.3, -0.25) is 20.0 Å². The number of carbonyl (C=O) groups excluding carboxylic acids is 2. The van der Waals surface area contributed by atoms with Crippen molar-refractivity contribution < 1.29 is 9.59 Å². The number of rotatable bonds is 3. The molecule has 1 aliphatic heterocycles. The molecule has 1 aromatic heterocycles. The topological polar surface area (TPSA) is 91.0 Å². The minimum atomic E-state index is -0.281. The van der Waals surface area contributed by atoms with Crippen molar-refractivity contribution >= 4 is 17.8 Å². The summed E-state index contributed by atoms with van der Waals surface area (Å²) in [5.41, 5.74) is 0. The molecule has 0 bridgehead atoms. The highest BCUT2D eigenvalue weighted by Crippen LogP contribution is 2.32. The number of carbonyl (C=O) groups is 2. The van der Waals surface area contributed by atoms with E-state index in [1.807, 2.05) is 4.90 Å².